The Balaban J connectivity index is 2.83. The lowest BCUT2D eigenvalue weighted by atomic mass is 10.1. The first-order valence-electron chi connectivity index (χ1n) is 4.62. The molecule has 0 saturated heterocycles. The molecule has 0 atom stereocenters. The lowest BCUT2D eigenvalue weighted by Gasteiger charge is -2.09. The molecule has 0 unspecified atom stereocenters. The van der Waals surface area contributed by atoms with Gasteiger partial charge in [-0.3, -0.25) is 0 Å². The summed E-state index contributed by atoms with van der Waals surface area (Å²) in [6.07, 6.45) is 0.925. The topological polar surface area (TPSA) is 9.23 Å². The van der Waals surface area contributed by atoms with E-state index in [9.17, 15) is 0 Å². The maximum absolute atomic E-state index is 5.53. The summed E-state index contributed by atoms with van der Waals surface area (Å²) in [5.74, 6) is 6.56. The summed E-state index contributed by atoms with van der Waals surface area (Å²) in [7, 11) is 0. The van der Waals surface area contributed by atoms with Crippen LogP contribution in [0.15, 0.2) is 23.1 Å². The van der Waals surface area contributed by atoms with Crippen LogP contribution in [0.2, 0.25) is 0 Å². The van der Waals surface area contributed by atoms with Gasteiger partial charge in [0.1, 0.15) is 12.4 Å². The molecule has 2 heteroatoms. The van der Waals surface area contributed by atoms with Gasteiger partial charge >= 0.3 is 0 Å². The van der Waals surface area contributed by atoms with Crippen molar-refractivity contribution in [3.63, 3.8) is 0 Å². The van der Waals surface area contributed by atoms with Crippen molar-refractivity contribution < 1.29 is 4.74 Å². The lowest BCUT2D eigenvalue weighted by molar-refractivity contribution is 0.365. The molecule has 0 fully saturated rings. The highest BCUT2D eigenvalue weighted by Crippen LogP contribution is 2.25. The fraction of sp³-hybridized carbons (Fsp3) is 0.333. The first-order valence-corrected chi connectivity index (χ1v) is 5.07. The van der Waals surface area contributed by atoms with Crippen molar-refractivity contribution in [2.24, 2.45) is 0 Å². The molecule has 0 saturated carbocycles. The van der Waals surface area contributed by atoms with Crippen molar-refractivity contribution in [2.45, 2.75) is 25.2 Å². The third-order valence-corrected chi connectivity index (χ3v) is 2.36. The van der Waals surface area contributed by atoms with Crippen molar-refractivity contribution in [2.75, 3.05) is 6.61 Å². The molecule has 0 radical (unpaired) electrons. The molecule has 0 aliphatic rings. The standard InChI is InChI=1S/C12H14OS/c1-3-5-9-13-11-7-6-8-12(14)10(11)4-2/h6-8,14H,4,9H2,1-2H3. The summed E-state index contributed by atoms with van der Waals surface area (Å²) >= 11 is 4.38. The Labute approximate surface area is 90.9 Å². The highest BCUT2D eigenvalue weighted by Gasteiger charge is 2.03. The van der Waals surface area contributed by atoms with Crippen molar-refractivity contribution >= 4 is 12.6 Å². The van der Waals surface area contributed by atoms with Gasteiger partial charge in [-0.2, -0.15) is 0 Å². The van der Waals surface area contributed by atoms with Crippen LogP contribution in [0.4, 0.5) is 0 Å². The minimum Gasteiger partial charge on any atom is -0.481 e. The second-order valence-corrected chi connectivity index (χ2v) is 3.30. The van der Waals surface area contributed by atoms with Gasteiger partial charge in [0.05, 0.1) is 0 Å². The van der Waals surface area contributed by atoms with E-state index in [1.165, 1.54) is 0 Å². The number of hydrogen-bond acceptors (Lipinski definition) is 2. The van der Waals surface area contributed by atoms with E-state index in [2.05, 4.69) is 31.4 Å². The van der Waals surface area contributed by atoms with Crippen LogP contribution in [0.1, 0.15) is 19.4 Å². The highest BCUT2D eigenvalue weighted by molar-refractivity contribution is 7.80. The van der Waals surface area contributed by atoms with E-state index >= 15 is 0 Å². The number of benzene rings is 1. The molecule has 14 heavy (non-hydrogen) atoms. The molecule has 0 spiro atoms. The van der Waals surface area contributed by atoms with E-state index in [0.29, 0.717) is 6.61 Å². The number of hydrogen-bond donors (Lipinski definition) is 1. The first kappa shape index (κ1) is 11.0. The molecule has 1 rings (SSSR count). The fourth-order valence-corrected chi connectivity index (χ4v) is 1.59. The normalized spacial score (nSPS) is 9.07. The third-order valence-electron chi connectivity index (χ3n) is 1.94. The molecular formula is C12H14OS. The van der Waals surface area contributed by atoms with E-state index in [1.54, 1.807) is 6.92 Å². The Kier molecular flexibility index (Phi) is 4.42. The van der Waals surface area contributed by atoms with Crippen LogP contribution < -0.4 is 4.74 Å². The zero-order valence-corrected chi connectivity index (χ0v) is 9.40. The van der Waals surface area contributed by atoms with Crippen molar-refractivity contribution in [1.29, 1.82) is 0 Å². The highest BCUT2D eigenvalue weighted by atomic mass is 32.1. The van der Waals surface area contributed by atoms with Crippen LogP contribution in [-0.4, -0.2) is 6.61 Å². The number of ether oxygens (including phenoxy) is 1. The summed E-state index contributed by atoms with van der Waals surface area (Å²) in [6.45, 7) is 4.34. The van der Waals surface area contributed by atoms with Crippen LogP contribution in [0.3, 0.4) is 0 Å². The van der Waals surface area contributed by atoms with Gasteiger partial charge in [0.15, 0.2) is 0 Å². The van der Waals surface area contributed by atoms with Gasteiger partial charge < -0.3 is 4.74 Å². The molecule has 0 amide bonds. The summed E-state index contributed by atoms with van der Waals surface area (Å²) in [5, 5.41) is 0. The Morgan fingerprint density at radius 1 is 1.43 bits per heavy atom. The minimum absolute atomic E-state index is 0.445. The molecule has 0 aliphatic carbocycles. The molecule has 1 nitrogen and oxygen atoms in total. The molecule has 0 aromatic heterocycles. The summed E-state index contributed by atoms with van der Waals surface area (Å²) < 4.78 is 5.53. The average molecular weight is 206 g/mol. The van der Waals surface area contributed by atoms with Crippen LogP contribution in [-0.2, 0) is 6.42 Å². The van der Waals surface area contributed by atoms with Gasteiger partial charge in [0.2, 0.25) is 0 Å². The maximum Gasteiger partial charge on any atom is 0.149 e. The largest absolute Gasteiger partial charge is 0.481 e. The Bertz CT molecular complexity index is 360. The van der Waals surface area contributed by atoms with Crippen LogP contribution >= 0.6 is 12.6 Å². The summed E-state index contributed by atoms with van der Waals surface area (Å²) in [4.78, 5) is 0.981. The van der Waals surface area contributed by atoms with Crippen LogP contribution in [0.25, 0.3) is 0 Å². The quantitative estimate of drug-likeness (QED) is 0.591. The van der Waals surface area contributed by atoms with Gasteiger partial charge in [-0.15, -0.1) is 18.5 Å². The molecule has 74 valence electrons. The van der Waals surface area contributed by atoms with E-state index in [1.807, 2.05) is 18.2 Å². The molecule has 1 aromatic carbocycles. The van der Waals surface area contributed by atoms with Gasteiger partial charge in [-0.1, -0.05) is 18.9 Å². The van der Waals surface area contributed by atoms with Crippen molar-refractivity contribution in [1.82, 2.24) is 0 Å². The second-order valence-electron chi connectivity index (χ2n) is 2.82. The first-order chi connectivity index (χ1) is 6.79. The minimum atomic E-state index is 0.445. The predicted molar refractivity (Wildman–Crippen MR) is 62.0 cm³/mol. The zero-order chi connectivity index (χ0) is 10.4. The monoisotopic (exact) mass is 206 g/mol. The Morgan fingerprint density at radius 2 is 2.21 bits per heavy atom. The average Bonchev–Trinajstić information content (AvgIpc) is 2.18. The number of thiol groups is 1. The fourth-order valence-electron chi connectivity index (χ4n) is 1.23. The zero-order valence-electron chi connectivity index (χ0n) is 8.50. The van der Waals surface area contributed by atoms with E-state index in [4.69, 9.17) is 4.74 Å². The van der Waals surface area contributed by atoms with Crippen molar-refractivity contribution in [3.05, 3.63) is 23.8 Å². The van der Waals surface area contributed by atoms with Crippen LogP contribution in [0, 0.1) is 11.8 Å². The third kappa shape index (κ3) is 2.71. The van der Waals surface area contributed by atoms with Crippen LogP contribution in [0.5, 0.6) is 5.75 Å². The molecule has 0 bridgehead atoms. The van der Waals surface area contributed by atoms with E-state index in [0.717, 1.165) is 22.6 Å². The maximum atomic E-state index is 5.53. The smallest absolute Gasteiger partial charge is 0.149 e. The summed E-state index contributed by atoms with van der Waals surface area (Å²) in [6, 6.07) is 5.87. The SMILES string of the molecule is CC#CCOc1cccc(S)c1CC. The predicted octanol–water partition coefficient (Wildman–Crippen LogP) is 2.94. The van der Waals surface area contributed by atoms with Gasteiger partial charge in [0.25, 0.3) is 0 Å². The molecule has 1 aromatic rings. The lowest BCUT2D eigenvalue weighted by Crippen LogP contribution is -1.98. The van der Waals surface area contributed by atoms with E-state index in [-0.39, 0.29) is 0 Å². The molecule has 0 aliphatic heterocycles. The second kappa shape index (κ2) is 5.62. The van der Waals surface area contributed by atoms with E-state index < -0.39 is 0 Å². The Hall–Kier alpha value is -1.07. The van der Waals surface area contributed by atoms with Crippen molar-refractivity contribution in [3.8, 4) is 17.6 Å². The van der Waals surface area contributed by atoms with Gasteiger partial charge in [-0.05, 0) is 25.5 Å². The molecule has 0 heterocycles. The Morgan fingerprint density at radius 3 is 2.86 bits per heavy atom. The van der Waals surface area contributed by atoms with Gasteiger partial charge in [-0.25, -0.2) is 0 Å². The summed E-state index contributed by atoms with van der Waals surface area (Å²) in [5.41, 5.74) is 1.15. The molecule has 0 N–H and O–H groups in total. The van der Waals surface area contributed by atoms with Gasteiger partial charge in [0, 0.05) is 10.5 Å². The molecular weight excluding hydrogens is 192 g/mol. The number of rotatable bonds is 3.